The molecule has 0 aromatic heterocycles. The van der Waals surface area contributed by atoms with E-state index in [1.54, 1.807) is 5.92 Å². The quantitative estimate of drug-likeness (QED) is 0.588. The van der Waals surface area contributed by atoms with Gasteiger partial charge in [0.2, 0.25) is 0 Å². The Bertz CT molecular complexity index is 105. The summed E-state index contributed by atoms with van der Waals surface area (Å²) in [5, 5.41) is 0. The largest absolute Gasteiger partial charge is 0.0648 e. The summed E-state index contributed by atoms with van der Waals surface area (Å²) in [5.41, 5.74) is 0. The Kier molecular flexibility index (Phi) is 4.11. The van der Waals surface area contributed by atoms with Crippen LogP contribution in [0.2, 0.25) is 0 Å². The lowest BCUT2D eigenvalue weighted by molar-refractivity contribution is 0.359. The summed E-state index contributed by atoms with van der Waals surface area (Å²) < 4.78 is 0. The van der Waals surface area contributed by atoms with Crippen molar-refractivity contribution in [3.63, 3.8) is 0 Å². The van der Waals surface area contributed by atoms with Crippen LogP contribution in [0.1, 0.15) is 59.3 Å². The van der Waals surface area contributed by atoms with Crippen molar-refractivity contribution in [1.29, 1.82) is 0 Å². The molecule has 0 N–H and O–H groups in total. The van der Waals surface area contributed by atoms with Crippen LogP contribution in [0.4, 0.5) is 0 Å². The summed E-state index contributed by atoms with van der Waals surface area (Å²) in [6.45, 7) is 7.06. The molecular formula is C12H23. The van der Waals surface area contributed by atoms with E-state index < -0.39 is 0 Å². The minimum atomic E-state index is 0.905. The molecule has 1 aliphatic carbocycles. The monoisotopic (exact) mass is 167 g/mol. The molecule has 0 heterocycles. The van der Waals surface area contributed by atoms with Gasteiger partial charge in [-0.15, -0.1) is 0 Å². The smallest absolute Gasteiger partial charge is 0.0215 e. The van der Waals surface area contributed by atoms with E-state index >= 15 is 0 Å². The molecule has 12 heavy (non-hydrogen) atoms. The molecule has 1 rings (SSSR count). The van der Waals surface area contributed by atoms with Crippen molar-refractivity contribution >= 4 is 0 Å². The molecule has 1 saturated carbocycles. The van der Waals surface area contributed by atoms with Crippen LogP contribution in [0, 0.1) is 17.8 Å². The van der Waals surface area contributed by atoms with Crippen molar-refractivity contribution in [1.82, 2.24) is 0 Å². The van der Waals surface area contributed by atoms with Crippen LogP contribution in [-0.2, 0) is 0 Å². The van der Waals surface area contributed by atoms with Crippen LogP contribution in [-0.4, -0.2) is 0 Å². The third kappa shape index (κ3) is 2.24. The van der Waals surface area contributed by atoms with Gasteiger partial charge in [-0.05, 0) is 30.6 Å². The normalized spacial score (nSPS) is 22.0. The van der Waals surface area contributed by atoms with Crippen molar-refractivity contribution in [3.05, 3.63) is 5.92 Å². The first-order valence-corrected chi connectivity index (χ1v) is 5.64. The van der Waals surface area contributed by atoms with Gasteiger partial charge in [-0.3, -0.25) is 0 Å². The molecule has 1 aliphatic rings. The van der Waals surface area contributed by atoms with Gasteiger partial charge < -0.3 is 0 Å². The van der Waals surface area contributed by atoms with E-state index in [1.165, 1.54) is 38.5 Å². The summed E-state index contributed by atoms with van der Waals surface area (Å²) in [4.78, 5) is 0. The van der Waals surface area contributed by atoms with Crippen LogP contribution in [0.5, 0.6) is 0 Å². The molecule has 0 bridgehead atoms. The van der Waals surface area contributed by atoms with Crippen molar-refractivity contribution in [2.24, 2.45) is 11.8 Å². The van der Waals surface area contributed by atoms with E-state index in [0.29, 0.717) is 0 Å². The van der Waals surface area contributed by atoms with Crippen molar-refractivity contribution in [2.75, 3.05) is 0 Å². The lowest BCUT2D eigenvalue weighted by Crippen LogP contribution is -2.16. The van der Waals surface area contributed by atoms with Gasteiger partial charge in [0, 0.05) is 0 Å². The second-order valence-corrected chi connectivity index (χ2v) is 4.20. The zero-order chi connectivity index (χ0) is 8.97. The maximum absolute atomic E-state index is 2.44. The zero-order valence-electron chi connectivity index (χ0n) is 8.90. The predicted octanol–water partition coefficient (Wildman–Crippen LogP) is 4.21. The highest BCUT2D eigenvalue weighted by atomic mass is 14.3. The molecule has 71 valence electrons. The van der Waals surface area contributed by atoms with E-state index in [0.717, 1.165) is 11.8 Å². The third-order valence-electron chi connectivity index (χ3n) is 3.66. The first-order valence-electron chi connectivity index (χ1n) is 5.64. The molecule has 1 radical (unpaired) electrons. The fourth-order valence-corrected chi connectivity index (χ4v) is 2.68. The minimum Gasteiger partial charge on any atom is -0.0648 e. The molecular weight excluding hydrogens is 144 g/mol. The highest BCUT2D eigenvalue weighted by Crippen LogP contribution is 2.38. The van der Waals surface area contributed by atoms with Gasteiger partial charge in [0.1, 0.15) is 0 Å². The van der Waals surface area contributed by atoms with Gasteiger partial charge in [-0.25, -0.2) is 0 Å². The Balaban J connectivity index is 2.37. The first kappa shape index (κ1) is 10.1. The van der Waals surface area contributed by atoms with Gasteiger partial charge in [-0.2, -0.15) is 0 Å². The molecule has 1 atom stereocenters. The summed E-state index contributed by atoms with van der Waals surface area (Å²) in [6.07, 6.45) is 8.54. The van der Waals surface area contributed by atoms with Crippen LogP contribution < -0.4 is 0 Å². The fourth-order valence-electron chi connectivity index (χ4n) is 2.68. The highest BCUT2D eigenvalue weighted by molar-refractivity contribution is 4.95. The van der Waals surface area contributed by atoms with E-state index in [2.05, 4.69) is 20.8 Å². The molecule has 0 amide bonds. The van der Waals surface area contributed by atoms with Crippen molar-refractivity contribution in [3.8, 4) is 0 Å². The third-order valence-corrected chi connectivity index (χ3v) is 3.66. The van der Waals surface area contributed by atoms with Gasteiger partial charge in [0.05, 0.1) is 0 Å². The summed E-state index contributed by atoms with van der Waals surface area (Å²) >= 11 is 0. The molecule has 0 aliphatic heterocycles. The second-order valence-electron chi connectivity index (χ2n) is 4.20. The molecule has 1 fully saturated rings. The molecule has 0 spiro atoms. The van der Waals surface area contributed by atoms with Gasteiger partial charge >= 0.3 is 0 Å². The molecule has 0 heteroatoms. The second kappa shape index (κ2) is 4.89. The fraction of sp³-hybridized carbons (Fsp3) is 0.917. The number of hydrogen-bond donors (Lipinski definition) is 0. The van der Waals surface area contributed by atoms with E-state index in [4.69, 9.17) is 0 Å². The number of hydrogen-bond acceptors (Lipinski definition) is 0. The van der Waals surface area contributed by atoms with Gasteiger partial charge in [-0.1, -0.05) is 46.5 Å². The Morgan fingerprint density at radius 3 is 2.08 bits per heavy atom. The van der Waals surface area contributed by atoms with Crippen molar-refractivity contribution in [2.45, 2.75) is 59.3 Å². The number of rotatable bonds is 4. The molecule has 0 nitrogen and oxygen atoms in total. The lowest BCUT2D eigenvalue weighted by Gasteiger charge is -2.26. The Labute approximate surface area is 77.7 Å². The van der Waals surface area contributed by atoms with Gasteiger partial charge in [0.25, 0.3) is 0 Å². The maximum Gasteiger partial charge on any atom is -0.0215 e. The van der Waals surface area contributed by atoms with Crippen molar-refractivity contribution < 1.29 is 0 Å². The minimum absolute atomic E-state index is 0.905. The molecule has 0 aromatic carbocycles. The predicted molar refractivity (Wildman–Crippen MR) is 54.9 cm³/mol. The summed E-state index contributed by atoms with van der Waals surface area (Å²) in [7, 11) is 0. The van der Waals surface area contributed by atoms with Crippen LogP contribution in [0.15, 0.2) is 0 Å². The van der Waals surface area contributed by atoms with Crippen LogP contribution in [0.25, 0.3) is 0 Å². The average Bonchev–Trinajstić information content (AvgIpc) is 2.58. The van der Waals surface area contributed by atoms with E-state index in [9.17, 15) is 0 Å². The topological polar surface area (TPSA) is 0 Å². The molecule has 0 saturated heterocycles. The van der Waals surface area contributed by atoms with Gasteiger partial charge in [0.15, 0.2) is 0 Å². The van der Waals surface area contributed by atoms with E-state index in [-0.39, 0.29) is 0 Å². The average molecular weight is 167 g/mol. The van der Waals surface area contributed by atoms with E-state index in [1.807, 2.05) is 0 Å². The summed E-state index contributed by atoms with van der Waals surface area (Å²) in [6, 6.07) is 0. The van der Waals surface area contributed by atoms with Crippen LogP contribution >= 0.6 is 0 Å². The Morgan fingerprint density at radius 2 is 1.67 bits per heavy atom. The Hall–Kier alpha value is 0. The first-order chi connectivity index (χ1) is 5.79. The highest BCUT2D eigenvalue weighted by Gasteiger charge is 2.26. The molecule has 1 unspecified atom stereocenters. The SMILES string of the molecule is CC[C](CC)C(C)C1CCCC1. The zero-order valence-corrected chi connectivity index (χ0v) is 8.90. The summed E-state index contributed by atoms with van der Waals surface area (Å²) in [5.74, 6) is 3.73. The lowest BCUT2D eigenvalue weighted by atomic mass is 9.79. The Morgan fingerprint density at radius 1 is 1.17 bits per heavy atom. The van der Waals surface area contributed by atoms with Crippen LogP contribution in [0.3, 0.4) is 0 Å². The standard InChI is InChI=1S/C12H23/c1-4-11(5-2)10(3)12-8-6-7-9-12/h10,12H,4-9H2,1-3H3. The maximum atomic E-state index is 2.44. The molecule has 0 aromatic rings.